The van der Waals surface area contributed by atoms with E-state index >= 15 is 0 Å². The van der Waals surface area contributed by atoms with Crippen LogP contribution in [0, 0.1) is 5.92 Å². The van der Waals surface area contributed by atoms with Crippen LogP contribution in [0.15, 0.2) is 18.2 Å². The number of aliphatic hydroxyl groups is 1. The van der Waals surface area contributed by atoms with Gasteiger partial charge in [-0.15, -0.1) is 0 Å². The minimum Gasteiger partial charge on any atom is -0.391 e. The fourth-order valence-corrected chi connectivity index (χ4v) is 2.66. The van der Waals surface area contributed by atoms with Gasteiger partial charge in [0.25, 0.3) is 0 Å². The number of hydrogen-bond acceptors (Lipinski definition) is 3. The molecule has 0 aliphatic carbocycles. The van der Waals surface area contributed by atoms with Crippen molar-refractivity contribution < 1.29 is 5.11 Å². The SMILES string of the molecule is CCNCc1ccc(N2CCC(C)C(O)C2)cc1Cl. The van der Waals surface area contributed by atoms with Gasteiger partial charge < -0.3 is 15.3 Å². The van der Waals surface area contributed by atoms with Crippen LogP contribution in [0.4, 0.5) is 5.69 Å². The number of halogens is 1. The lowest BCUT2D eigenvalue weighted by atomic mass is 9.95. The molecular weight excluding hydrogens is 260 g/mol. The van der Waals surface area contributed by atoms with Gasteiger partial charge in [0.1, 0.15) is 0 Å². The minimum absolute atomic E-state index is 0.242. The van der Waals surface area contributed by atoms with Crippen molar-refractivity contribution in [3.8, 4) is 0 Å². The second kappa shape index (κ2) is 6.60. The van der Waals surface area contributed by atoms with Crippen LogP contribution in [0.2, 0.25) is 5.02 Å². The molecule has 4 heteroatoms. The normalized spacial score (nSPS) is 23.7. The maximum Gasteiger partial charge on any atom is 0.0741 e. The number of nitrogens with one attached hydrogen (secondary N) is 1. The van der Waals surface area contributed by atoms with E-state index in [1.54, 1.807) is 0 Å². The van der Waals surface area contributed by atoms with Gasteiger partial charge in [0, 0.05) is 30.3 Å². The summed E-state index contributed by atoms with van der Waals surface area (Å²) < 4.78 is 0. The molecular formula is C15H23ClN2O. The maximum atomic E-state index is 9.96. The lowest BCUT2D eigenvalue weighted by Crippen LogP contribution is -2.42. The number of rotatable bonds is 4. The number of aliphatic hydroxyl groups excluding tert-OH is 1. The number of nitrogens with zero attached hydrogens (tertiary/aromatic N) is 1. The number of hydrogen-bond donors (Lipinski definition) is 2. The highest BCUT2D eigenvalue weighted by atomic mass is 35.5. The van der Waals surface area contributed by atoms with Gasteiger partial charge in [-0.1, -0.05) is 31.5 Å². The fourth-order valence-electron chi connectivity index (χ4n) is 2.42. The van der Waals surface area contributed by atoms with Crippen LogP contribution in [0.1, 0.15) is 25.8 Å². The third kappa shape index (κ3) is 3.62. The van der Waals surface area contributed by atoms with Crippen LogP contribution >= 0.6 is 11.6 Å². The summed E-state index contributed by atoms with van der Waals surface area (Å²) in [5, 5.41) is 14.0. The summed E-state index contributed by atoms with van der Waals surface area (Å²) in [5.74, 6) is 0.389. The highest BCUT2D eigenvalue weighted by molar-refractivity contribution is 6.31. The first-order chi connectivity index (χ1) is 9.11. The lowest BCUT2D eigenvalue weighted by Gasteiger charge is -2.36. The zero-order chi connectivity index (χ0) is 13.8. The molecule has 0 spiro atoms. The Morgan fingerprint density at radius 2 is 2.26 bits per heavy atom. The van der Waals surface area contributed by atoms with Gasteiger partial charge in [-0.25, -0.2) is 0 Å². The van der Waals surface area contributed by atoms with E-state index in [2.05, 4.69) is 36.2 Å². The van der Waals surface area contributed by atoms with Crippen molar-refractivity contribution in [3.63, 3.8) is 0 Å². The average Bonchev–Trinajstić information content (AvgIpc) is 2.40. The molecule has 1 aromatic carbocycles. The molecule has 0 amide bonds. The molecule has 1 fully saturated rings. The van der Waals surface area contributed by atoms with Gasteiger partial charge in [0.05, 0.1) is 6.10 Å². The zero-order valence-electron chi connectivity index (χ0n) is 11.7. The first kappa shape index (κ1) is 14.6. The molecule has 2 unspecified atom stereocenters. The Hall–Kier alpha value is -0.770. The topological polar surface area (TPSA) is 35.5 Å². The Kier molecular flexibility index (Phi) is 5.08. The van der Waals surface area contributed by atoms with Crippen molar-refractivity contribution >= 4 is 17.3 Å². The summed E-state index contributed by atoms with van der Waals surface area (Å²) in [7, 11) is 0. The first-order valence-electron chi connectivity index (χ1n) is 7.04. The van der Waals surface area contributed by atoms with E-state index in [0.29, 0.717) is 12.5 Å². The highest BCUT2D eigenvalue weighted by Gasteiger charge is 2.24. The van der Waals surface area contributed by atoms with Crippen molar-refractivity contribution in [2.75, 3.05) is 24.5 Å². The zero-order valence-corrected chi connectivity index (χ0v) is 12.5. The van der Waals surface area contributed by atoms with Crippen LogP contribution in [0.25, 0.3) is 0 Å². The standard InChI is InChI=1S/C15H23ClN2O/c1-3-17-9-12-4-5-13(8-14(12)16)18-7-6-11(2)15(19)10-18/h4-5,8,11,15,17,19H,3,6-7,9-10H2,1-2H3. The van der Waals surface area contributed by atoms with Crippen LogP contribution in [0.5, 0.6) is 0 Å². The largest absolute Gasteiger partial charge is 0.391 e. The minimum atomic E-state index is -0.242. The van der Waals surface area contributed by atoms with Gasteiger partial charge >= 0.3 is 0 Å². The van der Waals surface area contributed by atoms with E-state index in [9.17, 15) is 5.11 Å². The van der Waals surface area contributed by atoms with E-state index in [0.717, 1.165) is 42.3 Å². The molecule has 2 atom stereocenters. The third-order valence-corrected chi connectivity index (χ3v) is 4.24. The van der Waals surface area contributed by atoms with E-state index < -0.39 is 0 Å². The van der Waals surface area contributed by atoms with E-state index in [1.165, 1.54) is 0 Å². The Bertz CT molecular complexity index is 425. The van der Waals surface area contributed by atoms with Gasteiger partial charge in [-0.05, 0) is 36.6 Å². The van der Waals surface area contributed by atoms with Gasteiger partial charge in [-0.2, -0.15) is 0 Å². The van der Waals surface area contributed by atoms with Gasteiger partial charge in [0.2, 0.25) is 0 Å². The quantitative estimate of drug-likeness (QED) is 0.891. The Labute approximate surface area is 120 Å². The molecule has 1 aromatic rings. The first-order valence-corrected chi connectivity index (χ1v) is 7.41. The monoisotopic (exact) mass is 282 g/mol. The average molecular weight is 283 g/mol. The van der Waals surface area contributed by atoms with Crippen molar-refractivity contribution in [3.05, 3.63) is 28.8 Å². The third-order valence-electron chi connectivity index (χ3n) is 3.89. The molecule has 0 saturated carbocycles. The molecule has 2 N–H and O–H groups in total. The molecule has 3 nitrogen and oxygen atoms in total. The summed E-state index contributed by atoms with van der Waals surface area (Å²) in [5.41, 5.74) is 2.23. The Morgan fingerprint density at radius 1 is 1.47 bits per heavy atom. The number of anilines is 1. The molecule has 1 heterocycles. The second-order valence-electron chi connectivity index (χ2n) is 5.34. The summed E-state index contributed by atoms with van der Waals surface area (Å²) >= 11 is 6.32. The van der Waals surface area contributed by atoms with Crippen molar-refractivity contribution in [2.24, 2.45) is 5.92 Å². The van der Waals surface area contributed by atoms with Crippen molar-refractivity contribution in [2.45, 2.75) is 32.9 Å². The predicted octanol–water partition coefficient (Wildman–Crippen LogP) is 2.66. The maximum absolute atomic E-state index is 9.96. The Morgan fingerprint density at radius 3 is 2.89 bits per heavy atom. The molecule has 106 valence electrons. The molecule has 2 rings (SSSR count). The molecule has 0 radical (unpaired) electrons. The van der Waals surface area contributed by atoms with Crippen LogP contribution < -0.4 is 10.2 Å². The molecule has 0 bridgehead atoms. The number of piperidine rings is 1. The molecule has 0 aromatic heterocycles. The van der Waals surface area contributed by atoms with Crippen LogP contribution in [-0.2, 0) is 6.54 Å². The Balaban J connectivity index is 2.07. The predicted molar refractivity (Wildman–Crippen MR) is 80.8 cm³/mol. The molecule has 1 aliphatic heterocycles. The fraction of sp³-hybridized carbons (Fsp3) is 0.600. The lowest BCUT2D eigenvalue weighted by molar-refractivity contribution is 0.103. The van der Waals surface area contributed by atoms with E-state index in [1.807, 2.05) is 6.07 Å². The summed E-state index contributed by atoms with van der Waals surface area (Å²) in [6, 6.07) is 6.18. The number of β-amino-alcohol motifs (C(OH)–C–C–N with tert-alkyl or cyclic N) is 1. The summed E-state index contributed by atoms with van der Waals surface area (Å²) in [6.45, 7) is 7.61. The highest BCUT2D eigenvalue weighted by Crippen LogP contribution is 2.27. The van der Waals surface area contributed by atoms with E-state index in [4.69, 9.17) is 11.6 Å². The van der Waals surface area contributed by atoms with Crippen molar-refractivity contribution in [1.29, 1.82) is 0 Å². The smallest absolute Gasteiger partial charge is 0.0741 e. The van der Waals surface area contributed by atoms with Gasteiger partial charge in [-0.3, -0.25) is 0 Å². The second-order valence-corrected chi connectivity index (χ2v) is 5.74. The van der Waals surface area contributed by atoms with Gasteiger partial charge in [0.15, 0.2) is 0 Å². The van der Waals surface area contributed by atoms with Crippen LogP contribution in [-0.4, -0.2) is 30.8 Å². The van der Waals surface area contributed by atoms with Crippen LogP contribution in [0.3, 0.4) is 0 Å². The van der Waals surface area contributed by atoms with Crippen molar-refractivity contribution in [1.82, 2.24) is 5.32 Å². The summed E-state index contributed by atoms with van der Waals surface area (Å²) in [4.78, 5) is 2.22. The number of benzene rings is 1. The molecule has 1 saturated heterocycles. The molecule has 19 heavy (non-hydrogen) atoms. The summed E-state index contributed by atoms with van der Waals surface area (Å²) in [6.07, 6.45) is 0.784. The molecule has 1 aliphatic rings. The van der Waals surface area contributed by atoms with E-state index in [-0.39, 0.29) is 6.10 Å².